The molecule has 0 bridgehead atoms. The fraction of sp³-hybridized carbons (Fsp3) is 0.520. The minimum atomic E-state index is -0.771. The van der Waals surface area contributed by atoms with Gasteiger partial charge in [0.25, 0.3) is 5.91 Å². The van der Waals surface area contributed by atoms with Gasteiger partial charge >= 0.3 is 0 Å². The molecule has 3 N–H and O–H groups in total. The molecule has 1 aliphatic carbocycles. The Balaban J connectivity index is 1.33. The van der Waals surface area contributed by atoms with Crippen LogP contribution in [0.15, 0.2) is 24.3 Å². The molecule has 1 aromatic carbocycles. The van der Waals surface area contributed by atoms with E-state index in [1.807, 2.05) is 18.2 Å². The van der Waals surface area contributed by atoms with Crippen LogP contribution in [0.2, 0.25) is 0 Å². The molecule has 0 spiro atoms. The van der Waals surface area contributed by atoms with Crippen molar-refractivity contribution >= 4 is 28.6 Å². The van der Waals surface area contributed by atoms with E-state index >= 15 is 0 Å². The Labute approximate surface area is 197 Å². The zero-order valence-corrected chi connectivity index (χ0v) is 19.2. The molecule has 2 unspecified atom stereocenters. The topological polar surface area (TPSA) is 127 Å². The first-order valence-corrected chi connectivity index (χ1v) is 11.9. The van der Waals surface area contributed by atoms with Gasteiger partial charge in [-0.25, -0.2) is 0 Å². The molecule has 0 radical (unpaired) electrons. The van der Waals surface area contributed by atoms with Gasteiger partial charge in [-0.3, -0.25) is 14.4 Å². The highest BCUT2D eigenvalue weighted by atomic mass is 16.5. The molecule has 3 fully saturated rings. The summed E-state index contributed by atoms with van der Waals surface area (Å²) in [5, 5.41) is 16.1. The maximum Gasteiger partial charge on any atom is 0.270 e. The van der Waals surface area contributed by atoms with Crippen LogP contribution in [0.5, 0.6) is 5.75 Å². The standard InChI is InChI=1S/C25H29N5O4/c1-34-22-6-2-5-19-18(22)11-20(29-19)25(33)30-13-16-8-15(16)10-21(30)24(32)28-17(12-26)9-14-4-3-7-27-23(14)31/h2,5-6,11,14-17,21,29H,3-4,7-10,13H2,1H3,(H,27,31)(H,28,32)/t14-,15?,16?,17-,21-/m0/s1. The van der Waals surface area contributed by atoms with Gasteiger partial charge in [-0.1, -0.05) is 6.07 Å². The van der Waals surface area contributed by atoms with E-state index in [-0.39, 0.29) is 30.1 Å². The van der Waals surface area contributed by atoms with Crippen molar-refractivity contribution in [2.45, 2.75) is 44.2 Å². The first-order valence-electron chi connectivity index (χ1n) is 11.9. The number of nitriles is 1. The second-order valence-electron chi connectivity index (χ2n) is 9.63. The summed E-state index contributed by atoms with van der Waals surface area (Å²) in [6.45, 7) is 1.18. The van der Waals surface area contributed by atoms with Gasteiger partial charge in [-0.05, 0) is 62.1 Å². The molecule has 5 atom stereocenters. The number of amides is 3. The number of ether oxygens (including phenoxy) is 1. The summed E-state index contributed by atoms with van der Waals surface area (Å²) in [4.78, 5) is 43.7. The molecule has 3 amide bonds. The number of methoxy groups -OCH3 is 1. The Morgan fingerprint density at radius 1 is 1.32 bits per heavy atom. The lowest BCUT2D eigenvalue weighted by Crippen LogP contribution is -2.54. The number of aromatic amines is 1. The number of carbonyl (C=O) groups excluding carboxylic acids is 3. The number of carbonyl (C=O) groups is 3. The van der Waals surface area contributed by atoms with Crippen LogP contribution >= 0.6 is 0 Å². The molecule has 9 heteroatoms. The Bertz CT molecular complexity index is 1170. The molecule has 3 heterocycles. The van der Waals surface area contributed by atoms with Crippen molar-refractivity contribution in [1.29, 1.82) is 5.26 Å². The van der Waals surface area contributed by atoms with Crippen LogP contribution in [0, 0.1) is 29.1 Å². The van der Waals surface area contributed by atoms with Gasteiger partial charge in [0, 0.05) is 29.9 Å². The van der Waals surface area contributed by atoms with Gasteiger partial charge in [0.1, 0.15) is 23.5 Å². The van der Waals surface area contributed by atoms with Crippen molar-refractivity contribution in [2.24, 2.45) is 17.8 Å². The molecule has 3 aliphatic rings. The number of hydrogen-bond acceptors (Lipinski definition) is 5. The monoisotopic (exact) mass is 463 g/mol. The first kappa shape index (κ1) is 22.3. The average molecular weight is 464 g/mol. The van der Waals surface area contributed by atoms with E-state index in [0.717, 1.165) is 23.7 Å². The third-order valence-corrected chi connectivity index (χ3v) is 7.43. The van der Waals surface area contributed by atoms with Gasteiger partial charge in [-0.15, -0.1) is 0 Å². The minimum Gasteiger partial charge on any atom is -0.496 e. The molecule has 1 aromatic heterocycles. The highest BCUT2D eigenvalue weighted by Crippen LogP contribution is 2.47. The largest absolute Gasteiger partial charge is 0.496 e. The Morgan fingerprint density at radius 2 is 2.18 bits per heavy atom. The summed E-state index contributed by atoms with van der Waals surface area (Å²) in [5.41, 5.74) is 1.20. The third kappa shape index (κ3) is 4.20. The lowest BCUT2D eigenvalue weighted by Gasteiger charge is -2.35. The molecule has 178 valence electrons. The van der Waals surface area contributed by atoms with E-state index in [0.29, 0.717) is 49.2 Å². The molecule has 34 heavy (non-hydrogen) atoms. The third-order valence-electron chi connectivity index (χ3n) is 7.43. The fourth-order valence-electron chi connectivity index (χ4n) is 5.42. The molecular formula is C25H29N5O4. The predicted octanol–water partition coefficient (Wildman–Crippen LogP) is 1.95. The summed E-state index contributed by atoms with van der Waals surface area (Å²) in [5.74, 6) is 0.629. The SMILES string of the molecule is COc1cccc2[nH]c(C(=O)N3CC4CC4C[C@H]3C(=O)N[C@H](C#N)C[C@@H]3CCCNC3=O)cc12. The van der Waals surface area contributed by atoms with Crippen LogP contribution in [-0.4, -0.2) is 59.9 Å². The van der Waals surface area contributed by atoms with Crippen LogP contribution in [0.1, 0.15) is 42.6 Å². The van der Waals surface area contributed by atoms with Crippen molar-refractivity contribution in [3.63, 3.8) is 0 Å². The zero-order valence-electron chi connectivity index (χ0n) is 19.2. The van der Waals surface area contributed by atoms with Crippen molar-refractivity contribution in [3.05, 3.63) is 30.0 Å². The second kappa shape index (κ2) is 9.01. The van der Waals surface area contributed by atoms with E-state index in [1.165, 1.54) is 0 Å². The lowest BCUT2D eigenvalue weighted by atomic mass is 9.91. The number of rotatable bonds is 6. The van der Waals surface area contributed by atoms with Crippen LogP contribution in [-0.2, 0) is 9.59 Å². The van der Waals surface area contributed by atoms with Crippen molar-refractivity contribution in [3.8, 4) is 11.8 Å². The number of H-pyrrole nitrogens is 1. The number of likely N-dealkylation sites (tertiary alicyclic amines) is 1. The van der Waals surface area contributed by atoms with E-state index in [1.54, 1.807) is 18.1 Å². The van der Waals surface area contributed by atoms with Crippen molar-refractivity contribution in [1.82, 2.24) is 20.5 Å². The molecule has 5 rings (SSSR count). The van der Waals surface area contributed by atoms with Gasteiger partial charge < -0.3 is 25.3 Å². The molecule has 2 saturated heterocycles. The Hall–Kier alpha value is -3.54. The number of fused-ring (bicyclic) bond motifs is 2. The van der Waals surface area contributed by atoms with Gasteiger partial charge in [-0.2, -0.15) is 5.26 Å². The highest BCUT2D eigenvalue weighted by Gasteiger charge is 2.49. The van der Waals surface area contributed by atoms with Gasteiger partial charge in [0.2, 0.25) is 11.8 Å². The maximum absolute atomic E-state index is 13.5. The number of nitrogens with zero attached hydrogens (tertiary/aromatic N) is 2. The lowest BCUT2D eigenvalue weighted by molar-refractivity contribution is -0.129. The molecule has 2 aliphatic heterocycles. The van der Waals surface area contributed by atoms with Crippen molar-refractivity contribution in [2.75, 3.05) is 20.2 Å². The number of piperidine rings is 2. The highest BCUT2D eigenvalue weighted by molar-refractivity contribution is 6.01. The number of benzene rings is 1. The Morgan fingerprint density at radius 3 is 2.94 bits per heavy atom. The molecular weight excluding hydrogens is 434 g/mol. The second-order valence-corrected chi connectivity index (χ2v) is 9.63. The van der Waals surface area contributed by atoms with Gasteiger partial charge in [0.05, 0.1) is 13.2 Å². The van der Waals surface area contributed by atoms with Gasteiger partial charge in [0.15, 0.2) is 0 Å². The maximum atomic E-state index is 13.5. The van der Waals surface area contributed by atoms with Crippen molar-refractivity contribution < 1.29 is 19.1 Å². The van der Waals surface area contributed by atoms with E-state index in [9.17, 15) is 19.6 Å². The summed E-state index contributed by atoms with van der Waals surface area (Å²) < 4.78 is 5.41. The Kier molecular flexibility index (Phi) is 5.90. The minimum absolute atomic E-state index is 0.0646. The fourth-order valence-corrected chi connectivity index (χ4v) is 5.42. The van der Waals surface area contributed by atoms with E-state index in [2.05, 4.69) is 21.7 Å². The summed E-state index contributed by atoms with van der Waals surface area (Å²) >= 11 is 0. The summed E-state index contributed by atoms with van der Waals surface area (Å²) in [6.07, 6.45) is 3.46. The summed E-state index contributed by atoms with van der Waals surface area (Å²) in [6, 6.07) is 8.06. The zero-order chi connectivity index (χ0) is 23.8. The quantitative estimate of drug-likeness (QED) is 0.603. The van der Waals surface area contributed by atoms with E-state index in [4.69, 9.17) is 4.74 Å². The number of nitrogens with one attached hydrogen (secondary N) is 3. The van der Waals surface area contributed by atoms with Crippen LogP contribution < -0.4 is 15.4 Å². The van der Waals surface area contributed by atoms with E-state index < -0.39 is 12.1 Å². The molecule has 1 saturated carbocycles. The normalized spacial score (nSPS) is 26.7. The molecule has 9 nitrogen and oxygen atoms in total. The predicted molar refractivity (Wildman–Crippen MR) is 124 cm³/mol. The van der Waals surface area contributed by atoms with Crippen LogP contribution in [0.25, 0.3) is 10.9 Å². The average Bonchev–Trinajstić information content (AvgIpc) is 3.48. The number of hydrogen-bond donors (Lipinski definition) is 3. The van der Waals surface area contributed by atoms with Crippen LogP contribution in [0.4, 0.5) is 0 Å². The molecule has 2 aromatic rings. The van der Waals surface area contributed by atoms with Crippen LogP contribution in [0.3, 0.4) is 0 Å². The number of aromatic nitrogens is 1. The smallest absolute Gasteiger partial charge is 0.270 e. The first-order chi connectivity index (χ1) is 16.5. The summed E-state index contributed by atoms with van der Waals surface area (Å²) in [7, 11) is 1.59.